The van der Waals surface area contributed by atoms with Crippen LogP contribution in [0.2, 0.25) is 0 Å². The molecule has 0 aromatic heterocycles. The van der Waals surface area contributed by atoms with E-state index in [0.717, 1.165) is 25.0 Å². The zero-order valence-electron chi connectivity index (χ0n) is 22.5. The van der Waals surface area contributed by atoms with E-state index in [1.54, 1.807) is 0 Å². The molecule has 188 valence electrons. The van der Waals surface area contributed by atoms with E-state index in [1.807, 2.05) is 0 Å². The summed E-state index contributed by atoms with van der Waals surface area (Å²) in [6, 6.07) is 0. The van der Waals surface area contributed by atoms with Gasteiger partial charge in [0.25, 0.3) is 0 Å². The topological polar surface area (TPSA) is 9.23 Å². The molecule has 0 aliphatic rings. The fraction of sp³-hybridized carbons (Fsp3) is 1.00. The molecular weight excluding hydrogens is 376 g/mol. The van der Waals surface area contributed by atoms with E-state index in [0.29, 0.717) is 0 Å². The van der Waals surface area contributed by atoms with Crippen LogP contribution in [0, 0.1) is 11.8 Å². The van der Waals surface area contributed by atoms with Gasteiger partial charge in [0.15, 0.2) is 0 Å². The van der Waals surface area contributed by atoms with E-state index in [9.17, 15) is 0 Å². The highest BCUT2D eigenvalue weighted by Gasteiger charge is 2.12. The summed E-state index contributed by atoms with van der Waals surface area (Å²) >= 11 is 0. The van der Waals surface area contributed by atoms with Gasteiger partial charge in [0.05, 0.1) is 0 Å². The summed E-state index contributed by atoms with van der Waals surface area (Å²) in [5, 5.41) is 0. The molecule has 0 heterocycles. The lowest BCUT2D eigenvalue weighted by atomic mass is 9.94. The highest BCUT2D eigenvalue weighted by Crippen LogP contribution is 2.22. The number of ether oxygens (including phenoxy) is 1. The minimum Gasteiger partial charge on any atom is -0.381 e. The molecule has 0 aromatic carbocycles. The molecular formula is C30H62O. The van der Waals surface area contributed by atoms with Crippen molar-refractivity contribution in [3.63, 3.8) is 0 Å². The first-order valence-corrected chi connectivity index (χ1v) is 14.9. The predicted octanol–water partition coefficient (Wildman–Crippen LogP) is 10.9. The molecule has 31 heavy (non-hydrogen) atoms. The zero-order valence-corrected chi connectivity index (χ0v) is 22.5. The quantitative estimate of drug-likeness (QED) is 0.122. The molecule has 2 unspecified atom stereocenters. The molecule has 0 radical (unpaired) electrons. The maximum atomic E-state index is 6.36. The van der Waals surface area contributed by atoms with Crippen LogP contribution in [0.3, 0.4) is 0 Å². The SMILES string of the molecule is CCCCCCCCCCC(CCCCCCCC)COCC(CCC)CCCCC. The molecule has 0 aromatic rings. The lowest BCUT2D eigenvalue weighted by Crippen LogP contribution is -2.16. The van der Waals surface area contributed by atoms with Gasteiger partial charge in [-0.3, -0.25) is 0 Å². The maximum Gasteiger partial charge on any atom is 0.0494 e. The van der Waals surface area contributed by atoms with E-state index >= 15 is 0 Å². The van der Waals surface area contributed by atoms with Crippen LogP contribution in [0.15, 0.2) is 0 Å². The molecule has 0 bridgehead atoms. The van der Waals surface area contributed by atoms with Gasteiger partial charge in [-0.25, -0.2) is 0 Å². The van der Waals surface area contributed by atoms with Crippen LogP contribution >= 0.6 is 0 Å². The summed E-state index contributed by atoms with van der Waals surface area (Å²) in [7, 11) is 0. The Hall–Kier alpha value is -0.0400. The molecule has 0 spiro atoms. The molecule has 0 amide bonds. The van der Waals surface area contributed by atoms with E-state index in [2.05, 4.69) is 27.7 Å². The van der Waals surface area contributed by atoms with Crippen molar-refractivity contribution in [1.29, 1.82) is 0 Å². The summed E-state index contributed by atoms with van der Waals surface area (Å²) in [6.07, 6.45) is 30.9. The van der Waals surface area contributed by atoms with E-state index in [4.69, 9.17) is 4.74 Å². The minimum atomic E-state index is 0.800. The number of hydrogen-bond donors (Lipinski definition) is 0. The fourth-order valence-electron chi connectivity index (χ4n) is 4.89. The van der Waals surface area contributed by atoms with Crippen molar-refractivity contribution in [3.05, 3.63) is 0 Å². The van der Waals surface area contributed by atoms with Gasteiger partial charge in [0, 0.05) is 13.2 Å². The third-order valence-corrected chi connectivity index (χ3v) is 7.05. The van der Waals surface area contributed by atoms with Crippen LogP contribution in [0.25, 0.3) is 0 Å². The van der Waals surface area contributed by atoms with Crippen LogP contribution < -0.4 is 0 Å². The standard InChI is InChI=1S/C30H62O/c1-5-9-12-14-16-17-19-22-26-30(25-21-18-15-13-10-6-2)28-31-27-29(23-8-4)24-20-11-7-3/h29-30H,5-28H2,1-4H3. The molecule has 1 nitrogen and oxygen atoms in total. The second-order valence-corrected chi connectivity index (χ2v) is 10.4. The summed E-state index contributed by atoms with van der Waals surface area (Å²) in [5.74, 6) is 1.61. The Bertz CT molecular complexity index is 314. The van der Waals surface area contributed by atoms with Crippen LogP contribution in [-0.2, 0) is 4.74 Å². The van der Waals surface area contributed by atoms with E-state index in [-0.39, 0.29) is 0 Å². The Morgan fingerprint density at radius 3 is 1.10 bits per heavy atom. The summed E-state index contributed by atoms with van der Waals surface area (Å²) in [5.41, 5.74) is 0. The molecule has 0 N–H and O–H groups in total. The average molecular weight is 439 g/mol. The van der Waals surface area contributed by atoms with Gasteiger partial charge in [-0.05, 0) is 37.5 Å². The van der Waals surface area contributed by atoms with Gasteiger partial charge in [-0.15, -0.1) is 0 Å². The molecule has 0 fully saturated rings. The highest BCUT2D eigenvalue weighted by atomic mass is 16.5. The summed E-state index contributed by atoms with van der Waals surface area (Å²) < 4.78 is 6.36. The van der Waals surface area contributed by atoms with Crippen LogP contribution in [0.5, 0.6) is 0 Å². The maximum absolute atomic E-state index is 6.36. The van der Waals surface area contributed by atoms with Gasteiger partial charge >= 0.3 is 0 Å². The summed E-state index contributed by atoms with van der Waals surface area (Å²) in [4.78, 5) is 0. The third kappa shape index (κ3) is 22.9. The van der Waals surface area contributed by atoms with Crippen molar-refractivity contribution in [2.75, 3.05) is 13.2 Å². The van der Waals surface area contributed by atoms with Crippen molar-refractivity contribution >= 4 is 0 Å². The van der Waals surface area contributed by atoms with Gasteiger partial charge in [0.1, 0.15) is 0 Å². The molecule has 0 saturated heterocycles. The predicted molar refractivity (Wildman–Crippen MR) is 142 cm³/mol. The smallest absolute Gasteiger partial charge is 0.0494 e. The Morgan fingerprint density at radius 2 is 0.677 bits per heavy atom. The van der Waals surface area contributed by atoms with Crippen molar-refractivity contribution in [2.24, 2.45) is 11.8 Å². The third-order valence-electron chi connectivity index (χ3n) is 7.05. The van der Waals surface area contributed by atoms with Gasteiger partial charge in [-0.2, -0.15) is 0 Å². The van der Waals surface area contributed by atoms with Crippen LogP contribution in [-0.4, -0.2) is 13.2 Å². The van der Waals surface area contributed by atoms with Gasteiger partial charge in [0.2, 0.25) is 0 Å². The number of rotatable bonds is 26. The fourth-order valence-corrected chi connectivity index (χ4v) is 4.89. The van der Waals surface area contributed by atoms with E-state index in [1.165, 1.54) is 141 Å². The zero-order chi connectivity index (χ0) is 22.8. The van der Waals surface area contributed by atoms with Gasteiger partial charge in [-0.1, -0.05) is 143 Å². The minimum absolute atomic E-state index is 0.800. The molecule has 0 aliphatic heterocycles. The lowest BCUT2D eigenvalue weighted by molar-refractivity contribution is 0.0592. The molecule has 0 aliphatic carbocycles. The van der Waals surface area contributed by atoms with Crippen molar-refractivity contribution < 1.29 is 4.74 Å². The van der Waals surface area contributed by atoms with Crippen LogP contribution in [0.1, 0.15) is 169 Å². The van der Waals surface area contributed by atoms with Crippen LogP contribution in [0.4, 0.5) is 0 Å². The second-order valence-electron chi connectivity index (χ2n) is 10.4. The van der Waals surface area contributed by atoms with Crippen molar-refractivity contribution in [1.82, 2.24) is 0 Å². The Labute approximate surface area is 198 Å². The first-order chi connectivity index (χ1) is 15.3. The number of unbranched alkanes of at least 4 members (excludes halogenated alkanes) is 14. The lowest BCUT2D eigenvalue weighted by Gasteiger charge is -2.21. The molecule has 2 atom stereocenters. The Morgan fingerprint density at radius 1 is 0.355 bits per heavy atom. The Kier molecular flexibility index (Phi) is 26.2. The first-order valence-electron chi connectivity index (χ1n) is 14.9. The molecule has 0 saturated carbocycles. The van der Waals surface area contributed by atoms with Crippen molar-refractivity contribution in [2.45, 2.75) is 169 Å². The highest BCUT2D eigenvalue weighted by molar-refractivity contribution is 4.63. The van der Waals surface area contributed by atoms with Crippen molar-refractivity contribution in [3.8, 4) is 0 Å². The summed E-state index contributed by atoms with van der Waals surface area (Å²) in [6.45, 7) is 11.3. The number of hydrogen-bond acceptors (Lipinski definition) is 1. The van der Waals surface area contributed by atoms with E-state index < -0.39 is 0 Å². The monoisotopic (exact) mass is 438 g/mol. The first kappa shape index (κ1) is 31.0. The average Bonchev–Trinajstić information content (AvgIpc) is 2.77. The largest absolute Gasteiger partial charge is 0.381 e. The Balaban J connectivity index is 4.13. The molecule has 1 heteroatoms. The molecule has 0 rings (SSSR count). The normalized spacial score (nSPS) is 13.5. The second kappa shape index (κ2) is 26.2. The van der Waals surface area contributed by atoms with Gasteiger partial charge < -0.3 is 4.74 Å².